The van der Waals surface area contributed by atoms with Crippen LogP contribution >= 0.6 is 0 Å². The molecule has 1 atom stereocenters. The molecule has 0 saturated carbocycles. The van der Waals surface area contributed by atoms with Crippen molar-refractivity contribution in [3.8, 4) is 0 Å². The van der Waals surface area contributed by atoms with Gasteiger partial charge in [0.05, 0.1) is 0 Å². The zero-order valence-electron chi connectivity index (χ0n) is 41.6. The lowest BCUT2D eigenvalue weighted by Crippen LogP contribution is -2.30. The number of hydrogen-bond acceptors (Lipinski definition) is 6. The van der Waals surface area contributed by atoms with E-state index in [2.05, 4.69) is 81.5 Å². The minimum absolute atomic E-state index is 0.0886. The highest BCUT2D eigenvalue weighted by Crippen LogP contribution is 2.14. The van der Waals surface area contributed by atoms with E-state index in [1.807, 2.05) is 0 Å². The highest BCUT2D eigenvalue weighted by atomic mass is 16.6. The summed E-state index contributed by atoms with van der Waals surface area (Å²) in [6.45, 7) is 6.56. The molecular formula is C57H100O6. The van der Waals surface area contributed by atoms with Crippen molar-refractivity contribution in [2.75, 3.05) is 13.2 Å². The highest BCUT2D eigenvalue weighted by molar-refractivity contribution is 5.71. The van der Waals surface area contributed by atoms with Gasteiger partial charge in [0.15, 0.2) is 6.10 Å². The smallest absolute Gasteiger partial charge is 0.306 e. The van der Waals surface area contributed by atoms with Gasteiger partial charge in [-0.25, -0.2) is 0 Å². The first-order valence-electron chi connectivity index (χ1n) is 26.8. The van der Waals surface area contributed by atoms with Gasteiger partial charge in [-0.05, 0) is 109 Å². The van der Waals surface area contributed by atoms with E-state index < -0.39 is 6.10 Å². The highest BCUT2D eigenvalue weighted by Gasteiger charge is 2.19. The van der Waals surface area contributed by atoms with Gasteiger partial charge >= 0.3 is 17.9 Å². The second kappa shape index (κ2) is 51.7. The summed E-state index contributed by atoms with van der Waals surface area (Å²) >= 11 is 0. The average molecular weight is 881 g/mol. The number of carbonyl (C=O) groups is 3. The molecule has 1 unspecified atom stereocenters. The van der Waals surface area contributed by atoms with Crippen LogP contribution in [0.1, 0.15) is 265 Å². The van der Waals surface area contributed by atoms with Crippen molar-refractivity contribution < 1.29 is 28.6 Å². The zero-order valence-corrected chi connectivity index (χ0v) is 41.6. The molecule has 0 heterocycles. The zero-order chi connectivity index (χ0) is 45.8. The van der Waals surface area contributed by atoms with Crippen LogP contribution in [-0.2, 0) is 28.6 Å². The van der Waals surface area contributed by atoms with Gasteiger partial charge in [-0.3, -0.25) is 14.4 Å². The van der Waals surface area contributed by atoms with Gasteiger partial charge in [0, 0.05) is 19.3 Å². The van der Waals surface area contributed by atoms with Crippen LogP contribution in [0.3, 0.4) is 0 Å². The molecule has 0 aromatic heterocycles. The molecule has 0 rings (SSSR count). The van der Waals surface area contributed by atoms with Crippen LogP contribution in [0.25, 0.3) is 0 Å². The quantitative estimate of drug-likeness (QED) is 0.0262. The van der Waals surface area contributed by atoms with Gasteiger partial charge in [0.2, 0.25) is 0 Å². The molecule has 0 aromatic carbocycles. The van der Waals surface area contributed by atoms with E-state index in [1.54, 1.807) is 0 Å². The Balaban J connectivity index is 4.44. The molecule has 0 N–H and O–H groups in total. The van der Waals surface area contributed by atoms with Crippen LogP contribution in [0.15, 0.2) is 60.8 Å². The maximum absolute atomic E-state index is 12.8. The van der Waals surface area contributed by atoms with Crippen LogP contribution in [0.5, 0.6) is 0 Å². The molecule has 63 heavy (non-hydrogen) atoms. The predicted octanol–water partition coefficient (Wildman–Crippen LogP) is 17.6. The Labute approximate surface area is 390 Å². The third kappa shape index (κ3) is 50.0. The third-order valence-electron chi connectivity index (χ3n) is 11.5. The number of carbonyl (C=O) groups excluding carboxylic acids is 3. The molecular weight excluding hydrogens is 781 g/mol. The molecule has 0 spiro atoms. The van der Waals surface area contributed by atoms with E-state index in [0.717, 1.165) is 109 Å². The first kappa shape index (κ1) is 60.1. The van der Waals surface area contributed by atoms with Gasteiger partial charge in [-0.15, -0.1) is 0 Å². The summed E-state index contributed by atoms with van der Waals surface area (Å²) in [6, 6.07) is 0. The number of ether oxygens (including phenoxy) is 3. The van der Waals surface area contributed by atoms with E-state index in [-0.39, 0.29) is 31.1 Å². The lowest BCUT2D eigenvalue weighted by molar-refractivity contribution is -0.167. The van der Waals surface area contributed by atoms with E-state index in [4.69, 9.17) is 14.2 Å². The SMILES string of the molecule is CCCCC/C=C\C/C=C\CCCCCCCC(=O)OC(COC(=O)CCCCCCC/C=C\C/C=C\CCCCCC)COC(=O)CCCCCCC/C=C\CCCCCCC. The number of rotatable bonds is 48. The van der Waals surface area contributed by atoms with Crippen molar-refractivity contribution in [2.24, 2.45) is 0 Å². The number of esters is 3. The number of hydrogen-bond donors (Lipinski definition) is 0. The molecule has 0 amide bonds. The van der Waals surface area contributed by atoms with Crippen LogP contribution in [0.4, 0.5) is 0 Å². The Morgan fingerprint density at radius 1 is 0.317 bits per heavy atom. The van der Waals surface area contributed by atoms with Crippen molar-refractivity contribution >= 4 is 17.9 Å². The van der Waals surface area contributed by atoms with E-state index in [9.17, 15) is 14.4 Å². The van der Waals surface area contributed by atoms with Crippen molar-refractivity contribution in [2.45, 2.75) is 271 Å². The summed E-state index contributed by atoms with van der Waals surface area (Å²) in [5, 5.41) is 0. The molecule has 0 radical (unpaired) electrons. The van der Waals surface area contributed by atoms with Crippen LogP contribution in [0, 0.1) is 0 Å². The van der Waals surface area contributed by atoms with Crippen molar-refractivity contribution in [1.82, 2.24) is 0 Å². The second-order valence-electron chi connectivity index (χ2n) is 17.8. The maximum Gasteiger partial charge on any atom is 0.306 e. The lowest BCUT2D eigenvalue weighted by atomic mass is 10.1. The maximum atomic E-state index is 12.8. The molecule has 0 saturated heterocycles. The van der Waals surface area contributed by atoms with E-state index in [0.29, 0.717) is 19.3 Å². The first-order valence-corrected chi connectivity index (χ1v) is 26.8. The Bertz CT molecular complexity index is 1150. The molecule has 6 heteroatoms. The second-order valence-corrected chi connectivity index (χ2v) is 17.8. The summed E-state index contributed by atoms with van der Waals surface area (Å²) in [5.74, 6) is -0.919. The number of unbranched alkanes of at least 4 members (excludes halogenated alkanes) is 27. The van der Waals surface area contributed by atoms with Crippen LogP contribution in [0.2, 0.25) is 0 Å². The van der Waals surface area contributed by atoms with Crippen molar-refractivity contribution in [3.05, 3.63) is 60.8 Å². The monoisotopic (exact) mass is 881 g/mol. The van der Waals surface area contributed by atoms with E-state index in [1.165, 1.54) is 116 Å². The summed E-state index contributed by atoms with van der Waals surface area (Å²) in [5.41, 5.74) is 0. The molecule has 0 aliphatic rings. The van der Waals surface area contributed by atoms with Gasteiger partial charge in [0.1, 0.15) is 13.2 Å². The fourth-order valence-corrected chi connectivity index (χ4v) is 7.38. The molecule has 0 fully saturated rings. The minimum Gasteiger partial charge on any atom is -0.462 e. The minimum atomic E-state index is -0.790. The topological polar surface area (TPSA) is 78.9 Å². The van der Waals surface area contributed by atoms with Crippen LogP contribution in [-0.4, -0.2) is 37.2 Å². The Kier molecular flexibility index (Phi) is 49.4. The first-order chi connectivity index (χ1) is 31.0. The molecule has 6 nitrogen and oxygen atoms in total. The predicted molar refractivity (Wildman–Crippen MR) is 270 cm³/mol. The van der Waals surface area contributed by atoms with Gasteiger partial charge < -0.3 is 14.2 Å². The van der Waals surface area contributed by atoms with Gasteiger partial charge in [-0.1, -0.05) is 197 Å². The summed E-state index contributed by atoms with van der Waals surface area (Å²) in [6.07, 6.45) is 63.4. The molecule has 0 aromatic rings. The van der Waals surface area contributed by atoms with Crippen molar-refractivity contribution in [3.63, 3.8) is 0 Å². The molecule has 0 aliphatic carbocycles. The molecule has 364 valence electrons. The fraction of sp³-hybridized carbons (Fsp3) is 0.772. The summed E-state index contributed by atoms with van der Waals surface area (Å²) in [4.78, 5) is 38.0. The summed E-state index contributed by atoms with van der Waals surface area (Å²) < 4.78 is 16.8. The largest absolute Gasteiger partial charge is 0.462 e. The Hall–Kier alpha value is -2.89. The van der Waals surface area contributed by atoms with Gasteiger partial charge in [0.25, 0.3) is 0 Å². The average Bonchev–Trinajstić information content (AvgIpc) is 3.28. The standard InChI is InChI=1S/C57H100O6/c1-4-7-10-13-16-19-22-25-28-30-32-35-38-41-44-47-50-56(59)62-53-54(52-61-55(58)49-46-43-40-37-34-31-27-24-21-18-15-12-9-6-3)63-57(60)51-48-45-42-39-36-33-29-26-23-20-17-14-11-8-5-2/h17,19-20,22,24,26-30,54H,4-16,18,21,23,25,31-53H2,1-3H3/b20-17-,22-19-,27-24-,29-26-,30-28-. The third-order valence-corrected chi connectivity index (χ3v) is 11.5. The van der Waals surface area contributed by atoms with Gasteiger partial charge in [-0.2, -0.15) is 0 Å². The molecule has 0 aliphatic heterocycles. The molecule has 0 bridgehead atoms. The van der Waals surface area contributed by atoms with Crippen molar-refractivity contribution in [1.29, 1.82) is 0 Å². The number of allylic oxidation sites excluding steroid dienone is 10. The van der Waals surface area contributed by atoms with Crippen LogP contribution < -0.4 is 0 Å². The fourth-order valence-electron chi connectivity index (χ4n) is 7.38. The van der Waals surface area contributed by atoms with E-state index >= 15 is 0 Å². The summed E-state index contributed by atoms with van der Waals surface area (Å²) in [7, 11) is 0. The Morgan fingerprint density at radius 2 is 0.571 bits per heavy atom. The lowest BCUT2D eigenvalue weighted by Gasteiger charge is -2.18. The normalized spacial score (nSPS) is 12.5. The Morgan fingerprint density at radius 3 is 0.937 bits per heavy atom.